The molecule has 1 aromatic rings. The highest BCUT2D eigenvalue weighted by molar-refractivity contribution is 4.93. The van der Waals surface area contributed by atoms with Gasteiger partial charge in [0.15, 0.2) is 5.82 Å². The van der Waals surface area contributed by atoms with Gasteiger partial charge in [-0.2, -0.15) is 0 Å². The molecule has 1 unspecified atom stereocenters. The zero-order chi connectivity index (χ0) is 13.9. The first-order valence-corrected chi connectivity index (χ1v) is 7.96. The van der Waals surface area contributed by atoms with Crippen LogP contribution in [0.15, 0.2) is 0 Å². The molecule has 6 heteroatoms. The molecule has 1 saturated carbocycles. The average Bonchev–Trinajstić information content (AvgIpc) is 3.10. The van der Waals surface area contributed by atoms with Crippen LogP contribution in [0.3, 0.4) is 0 Å². The van der Waals surface area contributed by atoms with Crippen molar-refractivity contribution in [1.82, 2.24) is 30.4 Å². The number of piperidine rings is 1. The Bertz CT molecular complexity index is 417. The van der Waals surface area contributed by atoms with Crippen LogP contribution in [-0.4, -0.2) is 50.3 Å². The van der Waals surface area contributed by atoms with Crippen LogP contribution in [0.1, 0.15) is 57.3 Å². The second-order valence-electron chi connectivity index (χ2n) is 6.29. The third kappa shape index (κ3) is 3.01. The van der Waals surface area contributed by atoms with E-state index in [-0.39, 0.29) is 0 Å². The van der Waals surface area contributed by atoms with Crippen LogP contribution in [0.25, 0.3) is 0 Å². The Hall–Kier alpha value is -1.01. The molecule has 2 aliphatic rings. The van der Waals surface area contributed by atoms with Crippen molar-refractivity contribution < 1.29 is 0 Å². The number of rotatable bonds is 4. The number of hydrogen-bond acceptors (Lipinski definition) is 5. The Kier molecular flexibility index (Phi) is 4.31. The van der Waals surface area contributed by atoms with Crippen LogP contribution in [-0.2, 0) is 7.05 Å². The minimum Gasteiger partial charge on any atom is -0.311 e. The summed E-state index contributed by atoms with van der Waals surface area (Å²) in [6, 6.07) is 1.80. The zero-order valence-electron chi connectivity index (χ0n) is 12.6. The van der Waals surface area contributed by atoms with Gasteiger partial charge >= 0.3 is 0 Å². The van der Waals surface area contributed by atoms with Gasteiger partial charge in [0.05, 0.1) is 6.04 Å². The van der Waals surface area contributed by atoms with Crippen molar-refractivity contribution in [2.45, 2.75) is 63.6 Å². The van der Waals surface area contributed by atoms with Crippen LogP contribution in [0, 0.1) is 0 Å². The van der Waals surface area contributed by atoms with Crippen LogP contribution in [0.2, 0.25) is 0 Å². The van der Waals surface area contributed by atoms with E-state index in [2.05, 4.69) is 32.7 Å². The number of nitrogens with zero attached hydrogens (tertiary/aromatic N) is 5. The molecule has 1 N–H and O–H groups in total. The maximum atomic E-state index is 4.14. The van der Waals surface area contributed by atoms with Gasteiger partial charge in [0, 0.05) is 32.2 Å². The van der Waals surface area contributed by atoms with Crippen molar-refractivity contribution in [2.24, 2.45) is 7.05 Å². The van der Waals surface area contributed by atoms with Crippen LogP contribution in [0.5, 0.6) is 0 Å². The summed E-state index contributed by atoms with van der Waals surface area (Å²) in [7, 11) is 1.92. The molecule has 0 radical (unpaired) electrons. The van der Waals surface area contributed by atoms with Crippen molar-refractivity contribution in [3.8, 4) is 0 Å². The fraction of sp³-hybridized carbons (Fsp3) is 0.929. The van der Waals surface area contributed by atoms with Gasteiger partial charge in [0.1, 0.15) is 0 Å². The number of aryl methyl sites for hydroxylation is 1. The fourth-order valence-electron chi connectivity index (χ4n) is 3.63. The van der Waals surface area contributed by atoms with E-state index in [0.717, 1.165) is 25.0 Å². The minimum atomic E-state index is 0.308. The summed E-state index contributed by atoms with van der Waals surface area (Å²) in [4.78, 5) is 2.50. The van der Waals surface area contributed by atoms with Gasteiger partial charge in [-0.05, 0) is 43.0 Å². The van der Waals surface area contributed by atoms with Gasteiger partial charge in [-0.15, -0.1) is 5.10 Å². The molecule has 0 amide bonds. The molecule has 0 bridgehead atoms. The van der Waals surface area contributed by atoms with Gasteiger partial charge in [0.25, 0.3) is 0 Å². The first-order valence-electron chi connectivity index (χ1n) is 7.96. The molecule has 0 spiro atoms. The Morgan fingerprint density at radius 1 is 1.10 bits per heavy atom. The Morgan fingerprint density at radius 3 is 2.35 bits per heavy atom. The van der Waals surface area contributed by atoms with Gasteiger partial charge in [-0.25, -0.2) is 4.68 Å². The van der Waals surface area contributed by atoms with Gasteiger partial charge in [0.2, 0.25) is 0 Å². The number of likely N-dealkylation sites (tertiary alicyclic amines) is 1. The molecule has 20 heavy (non-hydrogen) atoms. The quantitative estimate of drug-likeness (QED) is 0.899. The Labute approximate surface area is 120 Å². The maximum absolute atomic E-state index is 4.14. The molecule has 1 saturated heterocycles. The standard InChI is InChI=1S/C14H26N6/c1-11(14-16-17-18-19(14)2)20-9-7-13(8-10-20)15-12-5-3-4-6-12/h11-13,15H,3-10H2,1-2H3. The summed E-state index contributed by atoms with van der Waals surface area (Å²) in [5.74, 6) is 0.965. The van der Waals surface area contributed by atoms with E-state index in [0.29, 0.717) is 12.1 Å². The molecular formula is C14H26N6. The van der Waals surface area contributed by atoms with Crippen LogP contribution in [0.4, 0.5) is 0 Å². The van der Waals surface area contributed by atoms with Gasteiger partial charge < -0.3 is 5.32 Å². The topological polar surface area (TPSA) is 58.9 Å². The molecule has 6 nitrogen and oxygen atoms in total. The molecule has 1 aromatic heterocycles. The average molecular weight is 278 g/mol. The first-order chi connectivity index (χ1) is 9.74. The summed E-state index contributed by atoms with van der Waals surface area (Å²) in [6.45, 7) is 4.48. The van der Waals surface area contributed by atoms with Gasteiger partial charge in [-0.1, -0.05) is 12.8 Å². The lowest BCUT2D eigenvalue weighted by molar-refractivity contribution is 0.141. The lowest BCUT2D eigenvalue weighted by Crippen LogP contribution is -2.46. The molecule has 2 fully saturated rings. The van der Waals surface area contributed by atoms with Crippen LogP contribution >= 0.6 is 0 Å². The number of tetrazole rings is 1. The van der Waals surface area contributed by atoms with E-state index in [9.17, 15) is 0 Å². The van der Waals surface area contributed by atoms with Crippen LogP contribution < -0.4 is 5.32 Å². The normalized spacial score (nSPS) is 24.3. The lowest BCUT2D eigenvalue weighted by atomic mass is 10.0. The highest BCUT2D eigenvalue weighted by Crippen LogP contribution is 2.24. The fourth-order valence-corrected chi connectivity index (χ4v) is 3.63. The lowest BCUT2D eigenvalue weighted by Gasteiger charge is -2.36. The third-order valence-electron chi connectivity index (χ3n) is 4.93. The summed E-state index contributed by atoms with van der Waals surface area (Å²) in [5.41, 5.74) is 0. The molecule has 0 aromatic carbocycles. The van der Waals surface area contributed by atoms with Crippen molar-refractivity contribution in [2.75, 3.05) is 13.1 Å². The zero-order valence-corrected chi connectivity index (χ0v) is 12.6. The molecule has 1 atom stereocenters. The monoisotopic (exact) mass is 278 g/mol. The molecule has 2 heterocycles. The predicted octanol–water partition coefficient (Wildman–Crippen LogP) is 1.27. The van der Waals surface area contributed by atoms with Gasteiger partial charge in [-0.3, -0.25) is 4.90 Å². The number of hydrogen-bond donors (Lipinski definition) is 1. The van der Waals surface area contributed by atoms with E-state index in [1.54, 1.807) is 4.68 Å². The molecule has 1 aliphatic carbocycles. The second kappa shape index (κ2) is 6.18. The largest absolute Gasteiger partial charge is 0.311 e. The van der Waals surface area contributed by atoms with E-state index in [1.165, 1.54) is 38.5 Å². The Morgan fingerprint density at radius 2 is 1.75 bits per heavy atom. The van der Waals surface area contributed by atoms with Crippen molar-refractivity contribution >= 4 is 0 Å². The molecular weight excluding hydrogens is 252 g/mol. The van der Waals surface area contributed by atoms with E-state index in [4.69, 9.17) is 0 Å². The predicted molar refractivity (Wildman–Crippen MR) is 77.2 cm³/mol. The third-order valence-corrected chi connectivity index (χ3v) is 4.93. The maximum Gasteiger partial charge on any atom is 0.167 e. The summed E-state index contributed by atoms with van der Waals surface area (Å²) in [6.07, 6.45) is 8.06. The minimum absolute atomic E-state index is 0.308. The SMILES string of the molecule is CC(c1nnnn1C)N1CCC(NC2CCCC2)CC1. The number of nitrogens with one attached hydrogen (secondary N) is 1. The van der Waals surface area contributed by atoms with E-state index in [1.807, 2.05) is 7.05 Å². The summed E-state index contributed by atoms with van der Waals surface area (Å²) >= 11 is 0. The first kappa shape index (κ1) is 13.9. The smallest absolute Gasteiger partial charge is 0.167 e. The van der Waals surface area contributed by atoms with E-state index < -0.39 is 0 Å². The second-order valence-corrected chi connectivity index (χ2v) is 6.29. The molecule has 1 aliphatic heterocycles. The molecule has 112 valence electrons. The van der Waals surface area contributed by atoms with Crippen molar-refractivity contribution in [3.05, 3.63) is 5.82 Å². The Balaban J connectivity index is 1.49. The van der Waals surface area contributed by atoms with Crippen molar-refractivity contribution in [1.29, 1.82) is 0 Å². The highest BCUT2D eigenvalue weighted by atomic mass is 15.5. The number of aromatic nitrogens is 4. The summed E-state index contributed by atoms with van der Waals surface area (Å²) < 4.78 is 1.79. The van der Waals surface area contributed by atoms with Crippen molar-refractivity contribution in [3.63, 3.8) is 0 Å². The molecule has 3 rings (SSSR count). The summed E-state index contributed by atoms with van der Waals surface area (Å²) in [5, 5.41) is 15.7. The highest BCUT2D eigenvalue weighted by Gasteiger charge is 2.27. The van der Waals surface area contributed by atoms with E-state index >= 15 is 0 Å².